The summed E-state index contributed by atoms with van der Waals surface area (Å²) in [7, 11) is 0. The molecule has 2 atom stereocenters. The normalized spacial score (nSPS) is 27.4. The van der Waals surface area contributed by atoms with Gasteiger partial charge in [-0.3, -0.25) is 4.79 Å². The molecule has 3 rings (SSSR count). The predicted molar refractivity (Wildman–Crippen MR) is 71.8 cm³/mol. The van der Waals surface area contributed by atoms with Gasteiger partial charge in [0.05, 0.1) is 0 Å². The summed E-state index contributed by atoms with van der Waals surface area (Å²) >= 11 is 0. The molecular formula is C14H21N3O. The highest BCUT2D eigenvalue weighted by Crippen LogP contribution is 2.33. The quantitative estimate of drug-likeness (QED) is 0.889. The van der Waals surface area contributed by atoms with Crippen molar-refractivity contribution in [2.75, 3.05) is 11.9 Å². The Morgan fingerprint density at radius 1 is 1.39 bits per heavy atom. The molecule has 0 bridgehead atoms. The number of rotatable bonds is 4. The minimum atomic E-state index is 0.0469. The lowest BCUT2D eigenvalue weighted by Crippen LogP contribution is -2.26. The molecule has 1 aromatic rings. The van der Waals surface area contributed by atoms with E-state index in [2.05, 4.69) is 17.2 Å². The topological polar surface area (TPSA) is 46.9 Å². The van der Waals surface area contributed by atoms with E-state index in [1.54, 1.807) is 6.20 Å². The number of anilines is 1. The summed E-state index contributed by atoms with van der Waals surface area (Å²) in [5, 5.41) is 3.26. The Labute approximate surface area is 107 Å². The zero-order valence-electron chi connectivity index (χ0n) is 10.9. The van der Waals surface area contributed by atoms with Crippen LogP contribution in [0.2, 0.25) is 0 Å². The zero-order chi connectivity index (χ0) is 12.5. The predicted octanol–water partition coefficient (Wildman–Crippen LogP) is 2.43. The summed E-state index contributed by atoms with van der Waals surface area (Å²) in [5.41, 5.74) is 0.0469. The minimum Gasteiger partial charge on any atom is -0.365 e. The highest BCUT2D eigenvalue weighted by molar-refractivity contribution is 5.31. The van der Waals surface area contributed by atoms with Crippen LogP contribution in [0.4, 0.5) is 5.82 Å². The molecule has 1 aromatic heterocycles. The molecule has 2 fully saturated rings. The lowest BCUT2D eigenvalue weighted by Gasteiger charge is -2.16. The molecule has 18 heavy (non-hydrogen) atoms. The van der Waals surface area contributed by atoms with Gasteiger partial charge in [-0.05, 0) is 31.1 Å². The first kappa shape index (κ1) is 11.8. The van der Waals surface area contributed by atoms with Crippen LogP contribution >= 0.6 is 0 Å². The van der Waals surface area contributed by atoms with E-state index >= 15 is 0 Å². The van der Waals surface area contributed by atoms with E-state index in [4.69, 9.17) is 0 Å². The fraction of sp³-hybridized carbons (Fsp3) is 0.714. The van der Waals surface area contributed by atoms with Gasteiger partial charge >= 0.3 is 0 Å². The van der Waals surface area contributed by atoms with Crippen molar-refractivity contribution in [3.8, 4) is 0 Å². The van der Waals surface area contributed by atoms with Gasteiger partial charge in [0.15, 0.2) is 5.82 Å². The fourth-order valence-corrected chi connectivity index (χ4v) is 2.94. The van der Waals surface area contributed by atoms with Crippen LogP contribution < -0.4 is 10.9 Å². The maximum Gasteiger partial charge on any atom is 0.293 e. The smallest absolute Gasteiger partial charge is 0.293 e. The average Bonchev–Trinajstić information content (AvgIpc) is 3.12. The Morgan fingerprint density at radius 2 is 2.22 bits per heavy atom. The fourth-order valence-electron chi connectivity index (χ4n) is 2.94. The molecule has 4 heteroatoms. The molecule has 0 radical (unpaired) electrons. The van der Waals surface area contributed by atoms with Crippen molar-refractivity contribution in [2.24, 2.45) is 11.8 Å². The zero-order valence-corrected chi connectivity index (χ0v) is 10.9. The molecule has 2 aliphatic rings. The number of nitrogens with one attached hydrogen (secondary N) is 1. The van der Waals surface area contributed by atoms with E-state index in [0.29, 0.717) is 17.8 Å². The first-order valence-corrected chi connectivity index (χ1v) is 7.06. The van der Waals surface area contributed by atoms with E-state index in [0.717, 1.165) is 25.3 Å². The van der Waals surface area contributed by atoms with Crippen LogP contribution in [0.5, 0.6) is 0 Å². The van der Waals surface area contributed by atoms with Gasteiger partial charge in [0, 0.05) is 25.0 Å². The molecule has 98 valence electrons. The largest absolute Gasteiger partial charge is 0.365 e. The molecule has 1 heterocycles. The molecule has 0 aromatic carbocycles. The van der Waals surface area contributed by atoms with Crippen molar-refractivity contribution in [1.82, 2.24) is 9.55 Å². The van der Waals surface area contributed by atoms with E-state index in [1.807, 2.05) is 10.8 Å². The Balaban J connectivity index is 1.69. The van der Waals surface area contributed by atoms with Gasteiger partial charge in [0.25, 0.3) is 5.56 Å². The highest BCUT2D eigenvalue weighted by atomic mass is 16.1. The molecule has 0 saturated heterocycles. The molecule has 1 N–H and O–H groups in total. The third-order valence-corrected chi connectivity index (χ3v) is 4.38. The number of hydrogen-bond donors (Lipinski definition) is 1. The van der Waals surface area contributed by atoms with E-state index in [-0.39, 0.29) is 5.56 Å². The van der Waals surface area contributed by atoms with E-state index in [1.165, 1.54) is 19.3 Å². The Kier molecular flexibility index (Phi) is 3.10. The summed E-state index contributed by atoms with van der Waals surface area (Å²) in [6.45, 7) is 3.19. The summed E-state index contributed by atoms with van der Waals surface area (Å²) in [4.78, 5) is 16.4. The molecule has 2 aliphatic carbocycles. The van der Waals surface area contributed by atoms with Crippen LogP contribution in [0.1, 0.15) is 45.1 Å². The maximum atomic E-state index is 12.2. The van der Waals surface area contributed by atoms with Gasteiger partial charge in [0.2, 0.25) is 0 Å². The van der Waals surface area contributed by atoms with E-state index < -0.39 is 0 Å². The molecular weight excluding hydrogens is 226 g/mol. The van der Waals surface area contributed by atoms with Crippen molar-refractivity contribution in [1.29, 1.82) is 0 Å². The van der Waals surface area contributed by atoms with Crippen molar-refractivity contribution in [3.05, 3.63) is 22.7 Å². The lowest BCUT2D eigenvalue weighted by atomic mass is 9.98. The molecule has 4 nitrogen and oxygen atoms in total. The standard InChI is InChI=1S/C14H21N3O/c1-10-3-2-4-11(10)9-16-13-14(18)17(8-7-15-13)12-5-6-12/h7-8,10-12H,2-6,9H2,1H3,(H,15,16). The van der Waals surface area contributed by atoms with Gasteiger partial charge in [-0.2, -0.15) is 0 Å². The lowest BCUT2D eigenvalue weighted by molar-refractivity contribution is 0.439. The van der Waals surface area contributed by atoms with Crippen molar-refractivity contribution < 1.29 is 0 Å². The minimum absolute atomic E-state index is 0.0469. The molecule has 2 saturated carbocycles. The third-order valence-electron chi connectivity index (χ3n) is 4.38. The Hall–Kier alpha value is -1.32. The van der Waals surface area contributed by atoms with Crippen molar-refractivity contribution >= 4 is 5.82 Å². The van der Waals surface area contributed by atoms with E-state index in [9.17, 15) is 4.79 Å². The van der Waals surface area contributed by atoms with Crippen LogP contribution in [0.15, 0.2) is 17.2 Å². The third kappa shape index (κ3) is 2.28. The van der Waals surface area contributed by atoms with Crippen molar-refractivity contribution in [2.45, 2.75) is 45.1 Å². The second-order valence-electron chi connectivity index (χ2n) is 5.77. The van der Waals surface area contributed by atoms with Gasteiger partial charge in [-0.25, -0.2) is 4.98 Å². The molecule has 2 unspecified atom stereocenters. The summed E-state index contributed by atoms with van der Waals surface area (Å²) < 4.78 is 1.83. The first-order chi connectivity index (χ1) is 8.75. The van der Waals surface area contributed by atoms with Gasteiger partial charge in [-0.15, -0.1) is 0 Å². The highest BCUT2D eigenvalue weighted by Gasteiger charge is 2.26. The van der Waals surface area contributed by atoms with Gasteiger partial charge < -0.3 is 9.88 Å². The molecule has 0 amide bonds. The maximum absolute atomic E-state index is 12.2. The number of aromatic nitrogens is 2. The van der Waals surface area contributed by atoms with Gasteiger partial charge in [-0.1, -0.05) is 19.8 Å². The van der Waals surface area contributed by atoms with Crippen LogP contribution in [-0.2, 0) is 0 Å². The summed E-state index contributed by atoms with van der Waals surface area (Å²) in [6.07, 6.45) is 9.72. The second-order valence-corrected chi connectivity index (χ2v) is 5.77. The van der Waals surface area contributed by atoms with Crippen LogP contribution in [0.3, 0.4) is 0 Å². The Morgan fingerprint density at radius 3 is 2.89 bits per heavy atom. The monoisotopic (exact) mass is 247 g/mol. The second kappa shape index (κ2) is 4.75. The number of hydrogen-bond acceptors (Lipinski definition) is 3. The van der Waals surface area contributed by atoms with Gasteiger partial charge in [0.1, 0.15) is 0 Å². The Bertz CT molecular complexity index is 478. The molecule has 0 spiro atoms. The van der Waals surface area contributed by atoms with Crippen molar-refractivity contribution in [3.63, 3.8) is 0 Å². The summed E-state index contributed by atoms with van der Waals surface area (Å²) in [5.74, 6) is 2.00. The molecule has 0 aliphatic heterocycles. The average molecular weight is 247 g/mol. The first-order valence-electron chi connectivity index (χ1n) is 7.06. The number of nitrogens with zero attached hydrogens (tertiary/aromatic N) is 2. The SMILES string of the molecule is CC1CCCC1CNc1nccn(C2CC2)c1=O. The van der Waals surface area contributed by atoms with Crippen LogP contribution in [0.25, 0.3) is 0 Å². The summed E-state index contributed by atoms with van der Waals surface area (Å²) in [6, 6.07) is 0.423. The van der Waals surface area contributed by atoms with Crippen LogP contribution in [0, 0.1) is 11.8 Å². The van der Waals surface area contributed by atoms with Crippen LogP contribution in [-0.4, -0.2) is 16.1 Å².